The van der Waals surface area contributed by atoms with Crippen molar-refractivity contribution in [3.63, 3.8) is 0 Å². The minimum Gasteiger partial charge on any atom is -0.489 e. The number of amides is 3. The van der Waals surface area contributed by atoms with E-state index in [1.54, 1.807) is 18.5 Å². The standard InChI is InChI=1S/C36H36FN5O4/c1-23(30-20-29(46-22-25-14-16-38-17-15-25)11-8-26(30)7-6-24-4-5-24)40-36(45)33-3-2-18-42(33)34(43)21-39-35(44)32-12-9-27-19-28(37)10-13-31(27)41-32/h6-17,19-20,23-24,33H,2-5,18,21-22H2,1H3,(H,39,44)(H,40,45)/b7-6+/t23-,33?/m0/s1. The molecule has 1 saturated carbocycles. The number of halogens is 1. The summed E-state index contributed by atoms with van der Waals surface area (Å²) in [6.07, 6.45) is 11.4. The number of hydrogen-bond acceptors (Lipinski definition) is 6. The lowest BCUT2D eigenvalue weighted by atomic mass is 9.99. The maximum Gasteiger partial charge on any atom is 0.270 e. The van der Waals surface area contributed by atoms with E-state index in [1.165, 1.54) is 42.0 Å². The van der Waals surface area contributed by atoms with Crippen LogP contribution in [0.4, 0.5) is 4.39 Å². The van der Waals surface area contributed by atoms with E-state index in [2.05, 4.69) is 32.8 Å². The van der Waals surface area contributed by atoms with Gasteiger partial charge < -0.3 is 20.3 Å². The van der Waals surface area contributed by atoms with Gasteiger partial charge in [-0.3, -0.25) is 19.4 Å². The van der Waals surface area contributed by atoms with Crippen LogP contribution in [0.5, 0.6) is 5.75 Å². The number of nitrogens with zero attached hydrogens (tertiary/aromatic N) is 3. The van der Waals surface area contributed by atoms with Crippen molar-refractivity contribution in [1.82, 2.24) is 25.5 Å². The maximum absolute atomic E-state index is 13.6. The fourth-order valence-corrected chi connectivity index (χ4v) is 5.64. The Morgan fingerprint density at radius 1 is 1.04 bits per heavy atom. The number of carbonyl (C=O) groups excluding carboxylic acids is 3. The largest absolute Gasteiger partial charge is 0.489 e. The number of pyridine rings is 2. The molecule has 46 heavy (non-hydrogen) atoms. The highest BCUT2D eigenvalue weighted by Crippen LogP contribution is 2.33. The topological polar surface area (TPSA) is 114 Å². The van der Waals surface area contributed by atoms with Gasteiger partial charge in [-0.1, -0.05) is 24.3 Å². The molecule has 1 aliphatic carbocycles. The molecule has 9 nitrogen and oxygen atoms in total. The predicted molar refractivity (Wildman–Crippen MR) is 172 cm³/mol. The van der Waals surface area contributed by atoms with E-state index >= 15 is 0 Å². The van der Waals surface area contributed by atoms with Gasteiger partial charge in [0.15, 0.2) is 0 Å². The monoisotopic (exact) mass is 621 g/mol. The van der Waals surface area contributed by atoms with Crippen LogP contribution in [0.2, 0.25) is 0 Å². The van der Waals surface area contributed by atoms with Crippen LogP contribution in [0.3, 0.4) is 0 Å². The summed E-state index contributed by atoms with van der Waals surface area (Å²) >= 11 is 0. The Morgan fingerprint density at radius 3 is 2.67 bits per heavy atom. The minimum absolute atomic E-state index is 0.120. The third kappa shape index (κ3) is 7.56. The number of benzene rings is 2. The number of nitrogens with one attached hydrogen (secondary N) is 2. The van der Waals surface area contributed by atoms with Gasteiger partial charge in [-0.25, -0.2) is 9.37 Å². The molecule has 0 radical (unpaired) electrons. The van der Waals surface area contributed by atoms with Crippen molar-refractivity contribution in [2.24, 2.45) is 5.92 Å². The molecule has 2 aromatic carbocycles. The molecule has 1 saturated heterocycles. The molecule has 2 fully saturated rings. The summed E-state index contributed by atoms with van der Waals surface area (Å²) in [5.41, 5.74) is 3.53. The number of hydrogen-bond donors (Lipinski definition) is 2. The van der Waals surface area contributed by atoms with E-state index in [1.807, 2.05) is 37.3 Å². The van der Waals surface area contributed by atoms with E-state index < -0.39 is 11.9 Å². The van der Waals surface area contributed by atoms with Gasteiger partial charge in [-0.2, -0.15) is 0 Å². The van der Waals surface area contributed by atoms with Crippen LogP contribution < -0.4 is 15.4 Å². The second-order valence-corrected chi connectivity index (χ2v) is 11.8. The van der Waals surface area contributed by atoms with Gasteiger partial charge in [0.25, 0.3) is 5.91 Å². The van der Waals surface area contributed by atoms with Crippen LogP contribution >= 0.6 is 0 Å². The van der Waals surface area contributed by atoms with Crippen LogP contribution in [0.1, 0.15) is 65.8 Å². The number of carbonyl (C=O) groups is 3. The summed E-state index contributed by atoms with van der Waals surface area (Å²) in [5.74, 6) is -0.208. The molecule has 236 valence electrons. The van der Waals surface area contributed by atoms with Crippen LogP contribution in [-0.4, -0.2) is 51.7 Å². The first-order valence-corrected chi connectivity index (χ1v) is 15.6. The van der Waals surface area contributed by atoms with E-state index in [9.17, 15) is 18.8 Å². The molecule has 2 aromatic heterocycles. The van der Waals surface area contributed by atoms with Gasteiger partial charge in [0, 0.05) is 24.3 Å². The summed E-state index contributed by atoms with van der Waals surface area (Å²) in [6.45, 7) is 2.48. The molecule has 10 heteroatoms. The fourth-order valence-electron chi connectivity index (χ4n) is 5.64. The average molecular weight is 622 g/mol. The number of ether oxygens (including phenoxy) is 1. The maximum atomic E-state index is 13.6. The first-order valence-electron chi connectivity index (χ1n) is 15.6. The molecule has 0 bridgehead atoms. The third-order valence-corrected chi connectivity index (χ3v) is 8.37. The lowest BCUT2D eigenvalue weighted by molar-refractivity contribution is -0.137. The van der Waals surface area contributed by atoms with E-state index in [-0.39, 0.29) is 35.9 Å². The van der Waals surface area contributed by atoms with Crippen molar-refractivity contribution in [2.45, 2.75) is 51.3 Å². The molecule has 2 aliphatic rings. The molecule has 0 spiro atoms. The highest BCUT2D eigenvalue weighted by molar-refractivity contribution is 5.97. The number of rotatable bonds is 11. The molecular weight excluding hydrogens is 585 g/mol. The molecule has 3 heterocycles. The Balaban J connectivity index is 1.09. The van der Waals surface area contributed by atoms with E-state index in [0.717, 1.165) is 16.7 Å². The SMILES string of the molecule is C[C@H](NC(=O)C1CCCN1C(=O)CNC(=O)c1ccc2cc(F)ccc2n1)c1cc(OCc2ccncc2)ccc1/C=C/C1CC1. The fraction of sp³-hybridized carbons (Fsp3) is 0.306. The van der Waals surface area contributed by atoms with Gasteiger partial charge in [-0.15, -0.1) is 0 Å². The van der Waals surface area contributed by atoms with Crippen molar-refractivity contribution < 1.29 is 23.5 Å². The molecule has 1 unspecified atom stereocenters. The summed E-state index contributed by atoms with van der Waals surface area (Å²) in [5, 5.41) is 6.32. The van der Waals surface area contributed by atoms with Gasteiger partial charge in [-0.05, 0) is 104 Å². The lowest BCUT2D eigenvalue weighted by Gasteiger charge is -2.26. The molecular formula is C36H36FN5O4. The lowest BCUT2D eigenvalue weighted by Crippen LogP contribution is -2.49. The van der Waals surface area contributed by atoms with Crippen molar-refractivity contribution in [2.75, 3.05) is 13.1 Å². The smallest absolute Gasteiger partial charge is 0.270 e. The summed E-state index contributed by atoms with van der Waals surface area (Å²) in [4.78, 5) is 49.4. The summed E-state index contributed by atoms with van der Waals surface area (Å²) in [6, 6.07) is 15.9. The number of allylic oxidation sites excluding steroid dienone is 1. The average Bonchev–Trinajstić information content (AvgIpc) is 3.77. The van der Waals surface area contributed by atoms with E-state index in [0.29, 0.717) is 48.6 Å². The first kappa shape index (κ1) is 30.9. The Kier molecular flexibility index (Phi) is 9.33. The summed E-state index contributed by atoms with van der Waals surface area (Å²) < 4.78 is 19.5. The van der Waals surface area contributed by atoms with Crippen molar-refractivity contribution >= 4 is 34.7 Å². The number of fused-ring (bicyclic) bond motifs is 1. The molecule has 3 amide bonds. The zero-order chi connectivity index (χ0) is 32.0. The molecule has 6 rings (SSSR count). The Hall–Kier alpha value is -5.12. The predicted octanol–water partition coefficient (Wildman–Crippen LogP) is 5.37. The van der Waals surface area contributed by atoms with Crippen LogP contribution in [-0.2, 0) is 16.2 Å². The second-order valence-electron chi connectivity index (χ2n) is 11.8. The number of aromatic nitrogens is 2. The quantitative estimate of drug-likeness (QED) is 0.233. The molecule has 1 aliphatic heterocycles. The number of likely N-dealkylation sites (tertiary alicyclic amines) is 1. The van der Waals surface area contributed by atoms with Crippen molar-refractivity contribution in [1.29, 1.82) is 0 Å². The molecule has 4 aromatic rings. The Morgan fingerprint density at radius 2 is 1.87 bits per heavy atom. The highest BCUT2D eigenvalue weighted by Gasteiger charge is 2.35. The van der Waals surface area contributed by atoms with Crippen LogP contribution in [0.25, 0.3) is 17.0 Å². The highest BCUT2D eigenvalue weighted by atomic mass is 19.1. The third-order valence-electron chi connectivity index (χ3n) is 8.37. The van der Waals surface area contributed by atoms with Gasteiger partial charge in [0.1, 0.15) is 29.9 Å². The van der Waals surface area contributed by atoms with Crippen LogP contribution in [0, 0.1) is 11.7 Å². The Bertz CT molecular complexity index is 1780. The molecule has 2 atom stereocenters. The Labute approximate surface area is 266 Å². The normalized spacial score (nSPS) is 16.8. The second kappa shape index (κ2) is 13.9. The molecule has 2 N–H and O–H groups in total. The van der Waals surface area contributed by atoms with Gasteiger partial charge in [0.05, 0.1) is 18.1 Å². The first-order chi connectivity index (χ1) is 22.3. The van der Waals surface area contributed by atoms with Gasteiger partial charge in [0.2, 0.25) is 11.8 Å². The zero-order valence-corrected chi connectivity index (χ0v) is 25.6. The van der Waals surface area contributed by atoms with Crippen LogP contribution in [0.15, 0.2) is 79.1 Å². The zero-order valence-electron chi connectivity index (χ0n) is 25.6. The van der Waals surface area contributed by atoms with Crippen molar-refractivity contribution in [3.05, 3.63) is 107 Å². The minimum atomic E-state index is -0.642. The summed E-state index contributed by atoms with van der Waals surface area (Å²) in [7, 11) is 0. The van der Waals surface area contributed by atoms with Crippen molar-refractivity contribution in [3.8, 4) is 5.75 Å². The van der Waals surface area contributed by atoms with Gasteiger partial charge >= 0.3 is 0 Å². The van der Waals surface area contributed by atoms with E-state index in [4.69, 9.17) is 4.74 Å².